The minimum atomic E-state index is -1.44. The van der Waals surface area contributed by atoms with Gasteiger partial charge in [0.15, 0.2) is 5.82 Å². The molecule has 0 aromatic carbocycles. The molecule has 3 aliphatic rings. The van der Waals surface area contributed by atoms with Crippen molar-refractivity contribution in [3.63, 3.8) is 0 Å². The number of allylic oxidation sites excluding steroid dienone is 1. The number of thiophene rings is 1. The average molecular weight is 677 g/mol. The lowest BCUT2D eigenvalue weighted by molar-refractivity contribution is -0.145. The van der Waals surface area contributed by atoms with E-state index in [1.807, 2.05) is 29.7 Å². The van der Waals surface area contributed by atoms with E-state index in [0.29, 0.717) is 40.5 Å². The fourth-order valence-corrected chi connectivity index (χ4v) is 7.04. The highest BCUT2D eigenvalue weighted by Crippen LogP contribution is 2.45. The maximum Gasteiger partial charge on any atom is 0.408 e. The van der Waals surface area contributed by atoms with Crippen molar-refractivity contribution in [3.05, 3.63) is 48.0 Å². The van der Waals surface area contributed by atoms with Gasteiger partial charge in [-0.05, 0) is 70.0 Å². The van der Waals surface area contributed by atoms with Crippen LogP contribution in [-0.2, 0) is 19.1 Å². The van der Waals surface area contributed by atoms with E-state index in [4.69, 9.17) is 9.47 Å². The minimum Gasteiger partial charge on any atom is -0.479 e. The molecular formula is C34H40N6O7S. The standard InChI is InChI=1S/C34H40N6O7S/c1-33(2,3)47-32(45)36-24-13-8-6-4-5-7-11-20-18-34(20,31(43)44)39-27(41)25-17-21(19-40(25)30(24)42)46-28-22-14-16-48-29(22)38-26(37-28)23-12-9-10-15-35-23/h7,9-12,14-16,20-21,24-25H,4-6,8,13,17-19H2,1-3H3,(H,36,45)(H,39,41)(H,43,44)/b11-7-/t20-,21+,24-,25-,34+/m0/s1. The predicted octanol–water partition coefficient (Wildman–Crippen LogP) is 4.47. The molecule has 5 atom stereocenters. The molecule has 14 heteroatoms. The van der Waals surface area contributed by atoms with E-state index in [2.05, 4.69) is 25.6 Å². The topological polar surface area (TPSA) is 173 Å². The van der Waals surface area contributed by atoms with Gasteiger partial charge in [-0.25, -0.2) is 14.6 Å². The van der Waals surface area contributed by atoms with Gasteiger partial charge < -0.3 is 30.1 Å². The van der Waals surface area contributed by atoms with Gasteiger partial charge in [0, 0.05) is 18.5 Å². The second-order valence-corrected chi connectivity index (χ2v) is 14.4. The first-order valence-electron chi connectivity index (χ1n) is 16.3. The van der Waals surface area contributed by atoms with E-state index in [-0.39, 0.29) is 25.3 Å². The molecule has 0 unspecified atom stereocenters. The van der Waals surface area contributed by atoms with Crippen LogP contribution in [0, 0.1) is 5.92 Å². The van der Waals surface area contributed by atoms with Crippen LogP contribution in [0.2, 0.25) is 0 Å². The largest absolute Gasteiger partial charge is 0.479 e. The highest BCUT2D eigenvalue weighted by molar-refractivity contribution is 7.16. The molecule has 0 spiro atoms. The molecule has 48 heavy (non-hydrogen) atoms. The zero-order valence-corrected chi connectivity index (χ0v) is 28.0. The first-order valence-corrected chi connectivity index (χ1v) is 17.2. The van der Waals surface area contributed by atoms with Gasteiger partial charge in [0.1, 0.15) is 39.9 Å². The molecule has 0 radical (unpaired) electrons. The monoisotopic (exact) mass is 676 g/mol. The number of nitrogens with one attached hydrogen (secondary N) is 2. The summed E-state index contributed by atoms with van der Waals surface area (Å²) in [6.07, 6.45) is 7.79. The Balaban J connectivity index is 1.31. The Labute approximate surface area is 282 Å². The number of aliphatic carboxylic acids is 1. The van der Waals surface area contributed by atoms with Crippen molar-refractivity contribution < 1.29 is 33.8 Å². The molecule has 1 saturated heterocycles. The van der Waals surface area contributed by atoms with Gasteiger partial charge in [-0.1, -0.05) is 31.1 Å². The third-order valence-corrected chi connectivity index (χ3v) is 9.58. The van der Waals surface area contributed by atoms with Crippen molar-refractivity contribution in [2.75, 3.05) is 6.54 Å². The van der Waals surface area contributed by atoms with Crippen LogP contribution in [0.4, 0.5) is 4.79 Å². The van der Waals surface area contributed by atoms with Gasteiger partial charge >= 0.3 is 12.1 Å². The Kier molecular flexibility index (Phi) is 9.37. The van der Waals surface area contributed by atoms with E-state index in [1.54, 1.807) is 39.1 Å². The number of rotatable bonds is 5. The number of amides is 3. The molecule has 1 aliphatic carbocycles. The highest BCUT2D eigenvalue weighted by Gasteiger charge is 2.61. The first-order chi connectivity index (χ1) is 22.9. The van der Waals surface area contributed by atoms with Crippen molar-refractivity contribution in [1.29, 1.82) is 0 Å². The van der Waals surface area contributed by atoms with Crippen LogP contribution >= 0.6 is 11.3 Å². The Bertz CT molecular complexity index is 1720. The van der Waals surface area contributed by atoms with E-state index < -0.39 is 53.2 Å². The normalized spacial score (nSPS) is 27.1. The lowest BCUT2D eigenvalue weighted by atomic mass is 10.0. The van der Waals surface area contributed by atoms with Gasteiger partial charge in [-0.15, -0.1) is 11.3 Å². The summed E-state index contributed by atoms with van der Waals surface area (Å²) >= 11 is 1.42. The average Bonchev–Trinajstić information content (AvgIpc) is 3.33. The van der Waals surface area contributed by atoms with Crippen molar-refractivity contribution in [1.82, 2.24) is 30.5 Å². The summed E-state index contributed by atoms with van der Waals surface area (Å²) in [5.41, 5.74) is -1.66. The zero-order valence-electron chi connectivity index (χ0n) is 27.2. The van der Waals surface area contributed by atoms with Gasteiger partial charge in [-0.3, -0.25) is 14.6 Å². The van der Waals surface area contributed by atoms with Crippen molar-refractivity contribution in [3.8, 4) is 17.4 Å². The Morgan fingerprint density at radius 3 is 2.73 bits per heavy atom. The SMILES string of the molecule is CC(C)(C)OC(=O)N[C@H]1CCCCC/C=C\[C@H]2C[C@@]2(C(=O)O)NC(=O)[C@@H]2C[C@@H](Oc3nc(-c4ccccn4)nc4sccc34)CN2C1=O. The van der Waals surface area contributed by atoms with Crippen molar-refractivity contribution in [2.24, 2.45) is 5.92 Å². The Morgan fingerprint density at radius 2 is 1.98 bits per heavy atom. The number of hydrogen-bond acceptors (Lipinski definition) is 10. The molecule has 1 saturated carbocycles. The Hall–Kier alpha value is -4.59. The molecule has 5 heterocycles. The first kappa shape index (κ1) is 33.3. The van der Waals surface area contributed by atoms with E-state index >= 15 is 0 Å². The predicted molar refractivity (Wildman–Crippen MR) is 177 cm³/mol. The summed E-state index contributed by atoms with van der Waals surface area (Å²) < 4.78 is 11.9. The van der Waals surface area contributed by atoms with Crippen LogP contribution in [-0.4, -0.2) is 84.7 Å². The van der Waals surface area contributed by atoms with Crippen molar-refractivity contribution in [2.45, 2.75) is 95.0 Å². The van der Waals surface area contributed by atoms with Crippen LogP contribution < -0.4 is 15.4 Å². The van der Waals surface area contributed by atoms with Crippen LogP contribution in [0.5, 0.6) is 5.88 Å². The summed E-state index contributed by atoms with van der Waals surface area (Å²) in [7, 11) is 0. The maximum absolute atomic E-state index is 14.3. The summed E-state index contributed by atoms with van der Waals surface area (Å²) in [5, 5.41) is 18.2. The van der Waals surface area contributed by atoms with Gasteiger partial charge in [0.2, 0.25) is 17.7 Å². The molecule has 3 aromatic rings. The van der Waals surface area contributed by atoms with E-state index in [0.717, 1.165) is 19.3 Å². The number of aromatic nitrogens is 3. The molecule has 3 amide bonds. The quantitative estimate of drug-likeness (QED) is 0.327. The number of alkyl carbamates (subject to hydrolysis) is 1. The molecule has 3 N–H and O–H groups in total. The number of fused-ring (bicyclic) bond motifs is 3. The number of nitrogens with zero attached hydrogens (tertiary/aromatic N) is 4. The number of carbonyl (C=O) groups excluding carboxylic acids is 3. The summed E-state index contributed by atoms with van der Waals surface area (Å²) in [4.78, 5) is 69.3. The fraction of sp³-hybridized carbons (Fsp3) is 0.500. The number of carbonyl (C=O) groups is 4. The molecule has 2 aliphatic heterocycles. The maximum atomic E-state index is 14.3. The second-order valence-electron chi connectivity index (χ2n) is 13.5. The molecule has 254 valence electrons. The Morgan fingerprint density at radius 1 is 1.15 bits per heavy atom. The third-order valence-electron chi connectivity index (χ3n) is 8.77. The minimum absolute atomic E-state index is 0.0153. The summed E-state index contributed by atoms with van der Waals surface area (Å²) in [5.74, 6) is -1.85. The van der Waals surface area contributed by atoms with E-state index in [1.165, 1.54) is 16.2 Å². The number of carboxylic acid groups (broad SMARTS) is 1. The van der Waals surface area contributed by atoms with Crippen LogP contribution in [0.25, 0.3) is 21.7 Å². The molecular weight excluding hydrogens is 636 g/mol. The van der Waals surface area contributed by atoms with Gasteiger partial charge in [-0.2, -0.15) is 4.98 Å². The van der Waals surface area contributed by atoms with Crippen LogP contribution in [0.3, 0.4) is 0 Å². The van der Waals surface area contributed by atoms with Crippen LogP contribution in [0.15, 0.2) is 48.0 Å². The van der Waals surface area contributed by atoms with Crippen LogP contribution in [0.1, 0.15) is 65.7 Å². The molecule has 0 bridgehead atoms. The summed E-state index contributed by atoms with van der Waals surface area (Å²) in [6.45, 7) is 5.23. The van der Waals surface area contributed by atoms with E-state index in [9.17, 15) is 24.3 Å². The fourth-order valence-electron chi connectivity index (χ4n) is 6.28. The molecule has 6 rings (SSSR count). The van der Waals surface area contributed by atoms with Gasteiger partial charge in [0.05, 0.1) is 11.9 Å². The molecule has 13 nitrogen and oxygen atoms in total. The number of pyridine rings is 1. The number of carboxylic acids is 1. The smallest absolute Gasteiger partial charge is 0.408 e. The lowest BCUT2D eigenvalue weighted by Gasteiger charge is -2.30. The molecule has 2 fully saturated rings. The lowest BCUT2D eigenvalue weighted by Crippen LogP contribution is -2.56. The van der Waals surface area contributed by atoms with Crippen molar-refractivity contribution >= 4 is 45.4 Å². The summed E-state index contributed by atoms with van der Waals surface area (Å²) in [6, 6.07) is 5.27. The number of hydrogen-bond donors (Lipinski definition) is 3. The second kappa shape index (κ2) is 13.5. The number of ether oxygens (including phenoxy) is 2. The molecule has 3 aromatic heterocycles. The van der Waals surface area contributed by atoms with Gasteiger partial charge in [0.25, 0.3) is 0 Å². The third kappa shape index (κ3) is 7.28. The highest BCUT2D eigenvalue weighted by atomic mass is 32.1. The zero-order chi connectivity index (χ0) is 34.1.